The number of tetrazole rings is 1. The molecule has 0 unspecified atom stereocenters. The fourth-order valence-electron chi connectivity index (χ4n) is 3.86. The molecule has 210 valence electrons. The molecule has 4 N–H and O–H groups in total. The number of nitrogen functional groups attached to an aromatic ring is 1. The molecule has 4 aromatic rings. The van der Waals surface area contributed by atoms with Crippen molar-refractivity contribution in [1.82, 2.24) is 40.3 Å². The van der Waals surface area contributed by atoms with Crippen LogP contribution in [0.15, 0.2) is 36.5 Å². The number of rotatable bonds is 6. The summed E-state index contributed by atoms with van der Waals surface area (Å²) in [5.74, 6) is -0.0491. The molecule has 3 aromatic heterocycles. The number of nitrogens with zero attached hydrogens (tertiary/aromatic N) is 7. The molecule has 0 spiro atoms. The number of carbonyl (C=O) groups excluding carboxylic acids is 2. The Morgan fingerprint density at radius 2 is 1.77 bits per heavy atom. The van der Waals surface area contributed by atoms with Gasteiger partial charge in [-0.3, -0.25) is 9.59 Å². The average Bonchev–Trinajstić information content (AvgIpc) is 3.47. The molecular weight excluding hydrogens is 532 g/mol. The van der Waals surface area contributed by atoms with E-state index in [1.165, 1.54) is 15.5 Å². The number of nitrogens with two attached hydrogens (primary N) is 1. The van der Waals surface area contributed by atoms with Crippen molar-refractivity contribution in [2.45, 2.75) is 66.0 Å². The van der Waals surface area contributed by atoms with Crippen LogP contribution in [0, 0.1) is 6.92 Å². The zero-order valence-corrected chi connectivity index (χ0v) is 24.3. The molecule has 12 nitrogen and oxygen atoms in total. The van der Waals surface area contributed by atoms with E-state index in [4.69, 9.17) is 17.3 Å². The highest BCUT2D eigenvalue weighted by Crippen LogP contribution is 2.27. The number of anilines is 2. The van der Waals surface area contributed by atoms with Crippen LogP contribution in [-0.4, -0.2) is 52.3 Å². The summed E-state index contributed by atoms with van der Waals surface area (Å²) < 4.78 is 1.36. The van der Waals surface area contributed by atoms with Gasteiger partial charge in [0.1, 0.15) is 12.2 Å². The number of benzene rings is 1. The molecule has 0 aliphatic heterocycles. The van der Waals surface area contributed by atoms with E-state index in [9.17, 15) is 9.59 Å². The Hall–Kier alpha value is -4.32. The van der Waals surface area contributed by atoms with Gasteiger partial charge in [0, 0.05) is 22.8 Å². The molecule has 1 aromatic carbocycles. The first-order chi connectivity index (χ1) is 18.6. The third-order valence-corrected chi connectivity index (χ3v) is 5.98. The minimum absolute atomic E-state index is 0.144. The first-order valence-electron chi connectivity index (χ1n) is 12.6. The minimum Gasteiger partial charge on any atom is -0.399 e. The van der Waals surface area contributed by atoms with E-state index < -0.39 is 11.4 Å². The maximum Gasteiger partial charge on any atom is 0.274 e. The highest BCUT2D eigenvalue weighted by Gasteiger charge is 2.25. The Morgan fingerprint density at radius 1 is 1.05 bits per heavy atom. The van der Waals surface area contributed by atoms with Crippen LogP contribution in [0.2, 0.25) is 5.02 Å². The van der Waals surface area contributed by atoms with E-state index in [-0.39, 0.29) is 34.9 Å². The van der Waals surface area contributed by atoms with Gasteiger partial charge in [-0.2, -0.15) is 9.90 Å². The number of hydrogen-bond acceptors (Lipinski definition) is 8. The van der Waals surface area contributed by atoms with Gasteiger partial charge in [-0.1, -0.05) is 32.4 Å². The van der Waals surface area contributed by atoms with Gasteiger partial charge in [0.2, 0.25) is 0 Å². The second-order valence-corrected chi connectivity index (χ2v) is 12.0. The molecule has 4 rings (SSSR count). The van der Waals surface area contributed by atoms with E-state index in [0.717, 1.165) is 0 Å². The number of nitrogens with one attached hydrogen (secondary N) is 2. The van der Waals surface area contributed by atoms with Crippen molar-refractivity contribution in [3.05, 3.63) is 69.9 Å². The van der Waals surface area contributed by atoms with Gasteiger partial charge in [-0.25, -0.2) is 9.67 Å². The quantitative estimate of drug-likeness (QED) is 0.297. The number of aryl methyl sites for hydroxylation is 1. The first kappa shape index (κ1) is 28.7. The zero-order chi connectivity index (χ0) is 29.4. The van der Waals surface area contributed by atoms with Crippen molar-refractivity contribution < 1.29 is 9.59 Å². The third-order valence-electron chi connectivity index (χ3n) is 5.69. The summed E-state index contributed by atoms with van der Waals surface area (Å²) in [6, 6.07) is 8.15. The van der Waals surface area contributed by atoms with E-state index in [2.05, 4.69) is 36.1 Å². The molecule has 0 saturated heterocycles. The molecule has 0 saturated carbocycles. The second kappa shape index (κ2) is 10.7. The Morgan fingerprint density at radius 3 is 2.40 bits per heavy atom. The van der Waals surface area contributed by atoms with Crippen molar-refractivity contribution in [1.29, 1.82) is 0 Å². The molecule has 40 heavy (non-hydrogen) atoms. The number of amides is 2. The molecule has 0 fully saturated rings. The van der Waals surface area contributed by atoms with Crippen molar-refractivity contribution in [3.8, 4) is 5.82 Å². The summed E-state index contributed by atoms with van der Waals surface area (Å²) >= 11 is 6.43. The third kappa shape index (κ3) is 6.45. The van der Waals surface area contributed by atoms with Crippen molar-refractivity contribution in [3.63, 3.8) is 0 Å². The van der Waals surface area contributed by atoms with E-state index in [0.29, 0.717) is 33.5 Å². The van der Waals surface area contributed by atoms with E-state index >= 15 is 0 Å². The summed E-state index contributed by atoms with van der Waals surface area (Å²) in [6.45, 7) is 13.5. The summed E-state index contributed by atoms with van der Waals surface area (Å²) in [4.78, 5) is 32.6. The zero-order valence-electron chi connectivity index (χ0n) is 23.6. The number of hydrogen-bond donors (Lipinski definition) is 3. The Labute approximate surface area is 237 Å². The van der Waals surface area contributed by atoms with Crippen LogP contribution < -0.4 is 16.4 Å². The van der Waals surface area contributed by atoms with Crippen molar-refractivity contribution in [2.24, 2.45) is 0 Å². The highest BCUT2D eigenvalue weighted by atomic mass is 35.5. The second-order valence-electron chi connectivity index (χ2n) is 11.6. The normalized spacial score (nSPS) is 11.9. The fourth-order valence-corrected chi connectivity index (χ4v) is 4.07. The number of pyridine rings is 1. The summed E-state index contributed by atoms with van der Waals surface area (Å²) in [5.41, 5.74) is 7.48. The lowest BCUT2D eigenvalue weighted by Crippen LogP contribution is -2.41. The molecule has 2 amide bonds. The maximum absolute atomic E-state index is 13.8. The van der Waals surface area contributed by atoms with Gasteiger partial charge in [0.05, 0.1) is 22.0 Å². The smallest absolute Gasteiger partial charge is 0.274 e. The van der Waals surface area contributed by atoms with Crippen molar-refractivity contribution >= 4 is 34.8 Å². The Bertz CT molecular complexity index is 1580. The molecular formula is C27H33ClN10O2. The summed E-state index contributed by atoms with van der Waals surface area (Å²) in [6.07, 6.45) is 1.55. The number of carbonyl (C=O) groups is 2. The van der Waals surface area contributed by atoms with Gasteiger partial charge in [0.25, 0.3) is 11.8 Å². The number of halogens is 1. The lowest BCUT2D eigenvalue weighted by molar-refractivity contribution is 0.0920. The van der Waals surface area contributed by atoms with Gasteiger partial charge < -0.3 is 16.4 Å². The SMILES string of the molecule is Cc1cc(N)cc(C(=O)NC(C)(C)C)c1NC(=O)c1cc(Cn2nnc(C(C)(C)C)n2)nn1-c1ncccc1Cl. The predicted molar refractivity (Wildman–Crippen MR) is 153 cm³/mol. The Balaban J connectivity index is 1.74. The molecule has 3 heterocycles. The van der Waals surface area contributed by atoms with E-state index in [1.54, 1.807) is 37.4 Å². The lowest BCUT2D eigenvalue weighted by atomic mass is 9.96. The van der Waals surface area contributed by atoms with Crippen LogP contribution in [0.25, 0.3) is 5.82 Å². The Kier molecular flexibility index (Phi) is 7.66. The van der Waals surface area contributed by atoms with Gasteiger partial charge in [0.15, 0.2) is 11.6 Å². The molecule has 0 aliphatic rings. The van der Waals surface area contributed by atoms with Gasteiger partial charge in [-0.05, 0) is 68.8 Å². The van der Waals surface area contributed by atoms with Crippen molar-refractivity contribution in [2.75, 3.05) is 11.1 Å². The van der Waals surface area contributed by atoms with Crippen LogP contribution in [-0.2, 0) is 12.0 Å². The molecule has 13 heteroatoms. The fraction of sp³-hybridized carbons (Fsp3) is 0.370. The standard InChI is InChI=1S/C27H33ClN10O2/c1-15-11-16(29)12-18(23(39)32-27(5,6)7)21(15)31-24(40)20-13-17(14-37-35-25(33-36-37)26(2,3)4)34-38(20)22-19(28)9-8-10-30-22/h8-13H,14,29H2,1-7H3,(H,31,40)(H,32,39). The number of aromatic nitrogens is 7. The van der Waals surface area contributed by atoms with Crippen LogP contribution in [0.1, 0.15) is 79.5 Å². The van der Waals surface area contributed by atoms with Gasteiger partial charge in [-0.15, -0.1) is 10.2 Å². The van der Waals surface area contributed by atoms with Crippen LogP contribution in [0.3, 0.4) is 0 Å². The monoisotopic (exact) mass is 564 g/mol. The average molecular weight is 565 g/mol. The summed E-state index contributed by atoms with van der Waals surface area (Å²) in [5, 5.41) is 23.4. The summed E-state index contributed by atoms with van der Waals surface area (Å²) in [7, 11) is 0. The maximum atomic E-state index is 13.8. The molecule has 0 atom stereocenters. The largest absolute Gasteiger partial charge is 0.399 e. The molecule has 0 bridgehead atoms. The van der Waals surface area contributed by atoms with Crippen LogP contribution in [0.4, 0.5) is 11.4 Å². The topological polar surface area (TPSA) is 159 Å². The van der Waals surface area contributed by atoms with Crippen LogP contribution in [0.5, 0.6) is 0 Å². The van der Waals surface area contributed by atoms with E-state index in [1.807, 2.05) is 41.5 Å². The molecule has 0 radical (unpaired) electrons. The predicted octanol–water partition coefficient (Wildman–Crippen LogP) is 3.92. The first-order valence-corrected chi connectivity index (χ1v) is 13.0. The highest BCUT2D eigenvalue weighted by molar-refractivity contribution is 6.32. The minimum atomic E-state index is -0.528. The van der Waals surface area contributed by atoms with Gasteiger partial charge >= 0.3 is 0 Å². The lowest BCUT2D eigenvalue weighted by Gasteiger charge is -2.22. The van der Waals surface area contributed by atoms with Crippen LogP contribution >= 0.6 is 11.6 Å². The molecule has 0 aliphatic carbocycles.